The molecule has 0 atom stereocenters. The summed E-state index contributed by atoms with van der Waals surface area (Å²) in [5, 5.41) is 4.59. The number of pyridine rings is 1. The number of aliphatic imine (C=N–C) groups is 1. The number of benzene rings is 2. The number of nitrogens with zero attached hydrogens (tertiary/aromatic N) is 3. The van der Waals surface area contributed by atoms with Crippen LogP contribution in [0.15, 0.2) is 70.7 Å². The van der Waals surface area contributed by atoms with Crippen molar-refractivity contribution in [3.8, 4) is 5.69 Å². The number of aryl methyl sites for hydroxylation is 3. The minimum Gasteiger partial charge on any atom is -0.318 e. The van der Waals surface area contributed by atoms with Gasteiger partial charge >= 0.3 is 0 Å². The largest absolute Gasteiger partial charge is 0.318 e. The van der Waals surface area contributed by atoms with Gasteiger partial charge in [0.25, 0.3) is 5.91 Å². The maximum absolute atomic E-state index is 12.6. The van der Waals surface area contributed by atoms with E-state index in [0.717, 1.165) is 39.2 Å². The number of amidine groups is 1. The number of hydrogen-bond donors (Lipinski definition) is 1. The Labute approximate surface area is 197 Å². The first kappa shape index (κ1) is 21.2. The van der Waals surface area contributed by atoms with Crippen molar-refractivity contribution in [3.63, 3.8) is 0 Å². The predicted molar refractivity (Wildman–Crippen MR) is 137 cm³/mol. The molecular weight excluding hydrogens is 428 g/mol. The highest BCUT2D eigenvalue weighted by Gasteiger charge is 2.24. The Balaban J connectivity index is 1.46. The third-order valence-corrected chi connectivity index (χ3v) is 6.88. The maximum Gasteiger partial charge on any atom is 0.264 e. The topological polar surface area (TPSA) is 59.3 Å². The highest BCUT2D eigenvalue weighted by atomic mass is 32.2. The SMILES string of the molecule is Cc1ccc(N=C2NC(=O)/C(=C/c3cc(C)n(-c4ccc5ncccc5c4)c3C)S2)cc1C. The molecule has 1 N–H and O–H groups in total. The van der Waals surface area contributed by atoms with Crippen molar-refractivity contribution in [1.29, 1.82) is 0 Å². The minimum atomic E-state index is -0.121. The van der Waals surface area contributed by atoms with Crippen molar-refractivity contribution in [2.45, 2.75) is 27.7 Å². The zero-order chi connectivity index (χ0) is 23.1. The first-order chi connectivity index (χ1) is 15.9. The normalized spacial score (nSPS) is 16.2. The molecule has 0 spiro atoms. The smallest absolute Gasteiger partial charge is 0.264 e. The van der Waals surface area contributed by atoms with Crippen molar-refractivity contribution in [1.82, 2.24) is 14.9 Å². The Kier molecular flexibility index (Phi) is 5.38. The second-order valence-corrected chi connectivity index (χ2v) is 9.32. The molecule has 1 aliphatic heterocycles. The Morgan fingerprint density at radius 3 is 2.67 bits per heavy atom. The lowest BCUT2D eigenvalue weighted by Crippen LogP contribution is -2.19. The van der Waals surface area contributed by atoms with Gasteiger partial charge in [-0.15, -0.1) is 0 Å². The van der Waals surface area contributed by atoms with Gasteiger partial charge in [0.15, 0.2) is 5.17 Å². The van der Waals surface area contributed by atoms with Crippen LogP contribution in [0.5, 0.6) is 0 Å². The van der Waals surface area contributed by atoms with E-state index >= 15 is 0 Å². The van der Waals surface area contributed by atoms with Crippen LogP contribution >= 0.6 is 11.8 Å². The highest BCUT2D eigenvalue weighted by Crippen LogP contribution is 2.31. The van der Waals surface area contributed by atoms with E-state index in [2.05, 4.69) is 71.8 Å². The molecule has 1 saturated heterocycles. The number of hydrogen-bond acceptors (Lipinski definition) is 4. The zero-order valence-electron chi connectivity index (χ0n) is 19.0. The zero-order valence-corrected chi connectivity index (χ0v) is 19.8. The maximum atomic E-state index is 12.6. The van der Waals surface area contributed by atoms with Crippen LogP contribution in [0.25, 0.3) is 22.7 Å². The fourth-order valence-electron chi connectivity index (χ4n) is 4.07. The third kappa shape index (κ3) is 4.10. The number of fused-ring (bicyclic) bond motifs is 1. The van der Waals surface area contributed by atoms with E-state index in [0.29, 0.717) is 10.1 Å². The Morgan fingerprint density at radius 2 is 1.85 bits per heavy atom. The van der Waals surface area contributed by atoms with Crippen molar-refractivity contribution < 1.29 is 4.79 Å². The molecule has 3 heterocycles. The van der Waals surface area contributed by atoms with Gasteiger partial charge in [-0.1, -0.05) is 12.1 Å². The van der Waals surface area contributed by atoms with Gasteiger partial charge in [-0.05, 0) is 105 Å². The standard InChI is InChI=1S/C27H24N4OS/c1-16-7-8-22(12-17(16)2)29-27-30-26(32)25(33-27)15-21-13-18(3)31(19(21)4)23-9-10-24-20(14-23)6-5-11-28-24/h5-15H,1-4H3,(H,29,30,32)/b25-15-. The van der Waals surface area contributed by atoms with Crippen LogP contribution in [0.2, 0.25) is 0 Å². The average molecular weight is 453 g/mol. The summed E-state index contributed by atoms with van der Waals surface area (Å²) in [6.45, 7) is 8.29. The summed E-state index contributed by atoms with van der Waals surface area (Å²) in [7, 11) is 0. The highest BCUT2D eigenvalue weighted by molar-refractivity contribution is 8.18. The van der Waals surface area contributed by atoms with Crippen molar-refractivity contribution >= 4 is 45.5 Å². The van der Waals surface area contributed by atoms with E-state index in [1.165, 1.54) is 22.9 Å². The van der Waals surface area contributed by atoms with Crippen LogP contribution in [0.3, 0.4) is 0 Å². The second kappa shape index (κ2) is 8.37. The fourth-order valence-corrected chi connectivity index (χ4v) is 4.90. The van der Waals surface area contributed by atoms with E-state index < -0.39 is 0 Å². The summed E-state index contributed by atoms with van der Waals surface area (Å²) in [6, 6.07) is 18.4. The lowest BCUT2D eigenvalue weighted by molar-refractivity contribution is -0.115. The number of carbonyl (C=O) groups is 1. The first-order valence-electron chi connectivity index (χ1n) is 10.8. The van der Waals surface area contributed by atoms with E-state index in [4.69, 9.17) is 0 Å². The van der Waals surface area contributed by atoms with Crippen molar-refractivity contribution in [2.24, 2.45) is 4.99 Å². The number of amides is 1. The molecule has 164 valence electrons. The fraction of sp³-hybridized carbons (Fsp3) is 0.148. The van der Waals surface area contributed by atoms with Gasteiger partial charge in [0.05, 0.1) is 16.1 Å². The number of rotatable bonds is 3. The Morgan fingerprint density at radius 1 is 1.00 bits per heavy atom. The summed E-state index contributed by atoms with van der Waals surface area (Å²) in [5.74, 6) is -0.121. The van der Waals surface area contributed by atoms with Crippen LogP contribution in [0.4, 0.5) is 5.69 Å². The molecule has 4 aromatic rings. The van der Waals surface area contributed by atoms with E-state index in [1.54, 1.807) is 6.20 Å². The van der Waals surface area contributed by atoms with E-state index in [9.17, 15) is 4.79 Å². The Bertz CT molecular complexity index is 1480. The van der Waals surface area contributed by atoms with Crippen LogP contribution in [-0.2, 0) is 4.79 Å². The van der Waals surface area contributed by atoms with Gasteiger partial charge in [0.2, 0.25) is 0 Å². The first-order valence-corrected chi connectivity index (χ1v) is 11.6. The summed E-state index contributed by atoms with van der Waals surface area (Å²) in [5.41, 5.74) is 8.50. The quantitative estimate of drug-likeness (QED) is 0.379. The van der Waals surface area contributed by atoms with Crippen LogP contribution in [-0.4, -0.2) is 20.6 Å². The third-order valence-electron chi connectivity index (χ3n) is 5.97. The molecule has 0 radical (unpaired) electrons. The van der Waals surface area contributed by atoms with Crippen LogP contribution in [0, 0.1) is 27.7 Å². The molecular formula is C27H24N4OS. The van der Waals surface area contributed by atoms with Gasteiger partial charge < -0.3 is 9.88 Å². The van der Waals surface area contributed by atoms with Gasteiger partial charge in [-0.2, -0.15) is 0 Å². The summed E-state index contributed by atoms with van der Waals surface area (Å²) in [6.07, 6.45) is 3.75. The Hall–Kier alpha value is -3.64. The number of nitrogens with one attached hydrogen (secondary N) is 1. The van der Waals surface area contributed by atoms with Gasteiger partial charge in [-0.3, -0.25) is 9.78 Å². The van der Waals surface area contributed by atoms with Gasteiger partial charge in [0.1, 0.15) is 0 Å². The molecule has 0 bridgehead atoms. The predicted octanol–water partition coefficient (Wildman–Crippen LogP) is 6.15. The molecule has 6 heteroatoms. The number of aromatic nitrogens is 2. The molecule has 5 rings (SSSR count). The monoisotopic (exact) mass is 452 g/mol. The minimum absolute atomic E-state index is 0.121. The lowest BCUT2D eigenvalue weighted by Gasteiger charge is -2.10. The number of thioether (sulfide) groups is 1. The molecule has 1 amide bonds. The van der Waals surface area contributed by atoms with E-state index in [1.807, 2.05) is 36.4 Å². The lowest BCUT2D eigenvalue weighted by atomic mass is 10.1. The molecule has 33 heavy (non-hydrogen) atoms. The summed E-state index contributed by atoms with van der Waals surface area (Å²) < 4.78 is 2.21. The molecule has 1 aliphatic rings. The van der Waals surface area contributed by atoms with E-state index in [-0.39, 0.29) is 5.91 Å². The molecule has 0 aliphatic carbocycles. The van der Waals surface area contributed by atoms with Crippen molar-refractivity contribution in [2.75, 3.05) is 0 Å². The molecule has 5 nitrogen and oxygen atoms in total. The summed E-state index contributed by atoms with van der Waals surface area (Å²) in [4.78, 5) is 22.3. The summed E-state index contributed by atoms with van der Waals surface area (Å²) >= 11 is 1.37. The number of carbonyl (C=O) groups excluding carboxylic acids is 1. The molecule has 2 aromatic heterocycles. The van der Waals surface area contributed by atoms with Gasteiger partial charge in [0, 0.05) is 28.7 Å². The van der Waals surface area contributed by atoms with Gasteiger partial charge in [-0.25, -0.2) is 4.99 Å². The molecule has 0 saturated carbocycles. The van der Waals surface area contributed by atoms with Crippen molar-refractivity contribution in [3.05, 3.63) is 93.8 Å². The molecule has 1 fully saturated rings. The molecule has 0 unspecified atom stereocenters. The van der Waals surface area contributed by atoms with Crippen LogP contribution in [0.1, 0.15) is 28.1 Å². The molecule has 2 aromatic carbocycles. The van der Waals surface area contributed by atoms with Crippen LogP contribution < -0.4 is 5.32 Å². The second-order valence-electron chi connectivity index (χ2n) is 8.29. The average Bonchev–Trinajstić information content (AvgIpc) is 3.28.